The predicted octanol–water partition coefficient (Wildman–Crippen LogP) is 4.15. The minimum atomic E-state index is -0.241. The second-order valence-corrected chi connectivity index (χ2v) is 6.76. The molecule has 1 unspecified atom stereocenters. The van der Waals surface area contributed by atoms with Crippen LogP contribution in [0, 0.1) is 5.82 Å². The average Bonchev–Trinajstić information content (AvgIpc) is 2.68. The molecular weight excluding hydrogens is 327 g/mol. The summed E-state index contributed by atoms with van der Waals surface area (Å²) in [6.07, 6.45) is 6.22. The molecule has 0 saturated heterocycles. The van der Waals surface area contributed by atoms with Crippen molar-refractivity contribution in [3.05, 3.63) is 83.9 Å². The first-order valence-corrected chi connectivity index (χ1v) is 8.89. The zero-order valence-electron chi connectivity index (χ0n) is 14.4. The van der Waals surface area contributed by atoms with E-state index in [1.165, 1.54) is 17.7 Å². The molecule has 26 heavy (non-hydrogen) atoms. The Labute approximate surface area is 152 Å². The van der Waals surface area contributed by atoms with Gasteiger partial charge < -0.3 is 10.5 Å². The Morgan fingerprint density at radius 1 is 1.08 bits per heavy atom. The Balaban J connectivity index is 1.47. The lowest BCUT2D eigenvalue weighted by atomic mass is 9.94. The maximum Gasteiger partial charge on any atom is 0.123 e. The largest absolute Gasteiger partial charge is 0.489 e. The summed E-state index contributed by atoms with van der Waals surface area (Å²) in [5.41, 5.74) is 10.7. The molecule has 0 bridgehead atoms. The molecule has 0 fully saturated rings. The van der Waals surface area contributed by atoms with Gasteiger partial charge in [0, 0.05) is 24.0 Å². The number of hydrogen-bond donors (Lipinski definition) is 1. The Morgan fingerprint density at radius 3 is 2.73 bits per heavy atom. The van der Waals surface area contributed by atoms with Gasteiger partial charge in [0.05, 0.1) is 0 Å². The highest BCUT2D eigenvalue weighted by Crippen LogP contribution is 2.29. The fourth-order valence-corrected chi connectivity index (χ4v) is 3.45. The second kappa shape index (κ2) is 7.26. The van der Waals surface area contributed by atoms with Gasteiger partial charge in [0.1, 0.15) is 17.7 Å². The van der Waals surface area contributed by atoms with Gasteiger partial charge in [-0.15, -0.1) is 0 Å². The van der Waals surface area contributed by atoms with E-state index in [0.717, 1.165) is 35.3 Å². The summed E-state index contributed by atoms with van der Waals surface area (Å²) < 4.78 is 19.2. The van der Waals surface area contributed by atoms with E-state index >= 15 is 0 Å². The fraction of sp³-hybridized carbons (Fsp3) is 0.227. The quantitative estimate of drug-likeness (QED) is 0.770. The molecule has 0 radical (unpaired) electrons. The van der Waals surface area contributed by atoms with E-state index in [9.17, 15) is 4.39 Å². The van der Waals surface area contributed by atoms with E-state index in [1.807, 2.05) is 24.4 Å². The average molecular weight is 348 g/mol. The van der Waals surface area contributed by atoms with Crippen molar-refractivity contribution >= 4 is 0 Å². The number of ether oxygens (including phenoxy) is 1. The van der Waals surface area contributed by atoms with Crippen molar-refractivity contribution in [3.63, 3.8) is 0 Å². The maximum absolute atomic E-state index is 13.1. The lowest BCUT2D eigenvalue weighted by Gasteiger charge is -2.30. The van der Waals surface area contributed by atoms with Crippen LogP contribution in [0.1, 0.15) is 17.5 Å². The highest BCUT2D eigenvalue weighted by Gasteiger charge is 2.25. The van der Waals surface area contributed by atoms with Gasteiger partial charge in [-0.1, -0.05) is 30.3 Å². The Kier molecular flexibility index (Phi) is 4.67. The molecule has 0 aliphatic carbocycles. The van der Waals surface area contributed by atoms with Crippen LogP contribution in [-0.2, 0) is 12.8 Å². The van der Waals surface area contributed by atoms with Crippen molar-refractivity contribution < 1.29 is 9.13 Å². The summed E-state index contributed by atoms with van der Waals surface area (Å²) in [4.78, 5) is 4.33. The molecule has 1 aliphatic heterocycles. The van der Waals surface area contributed by atoms with E-state index in [4.69, 9.17) is 10.5 Å². The number of fused-ring (bicyclic) bond motifs is 1. The van der Waals surface area contributed by atoms with E-state index in [1.54, 1.807) is 18.3 Å². The minimum absolute atomic E-state index is 0.000577. The molecule has 4 rings (SSSR count). The summed E-state index contributed by atoms with van der Waals surface area (Å²) in [7, 11) is 0. The van der Waals surface area contributed by atoms with Crippen LogP contribution in [0.2, 0.25) is 0 Å². The highest BCUT2D eigenvalue weighted by molar-refractivity contribution is 5.62. The summed E-state index contributed by atoms with van der Waals surface area (Å²) in [5.74, 6) is 0.701. The topological polar surface area (TPSA) is 48.1 Å². The van der Waals surface area contributed by atoms with Crippen LogP contribution in [0.5, 0.6) is 5.75 Å². The van der Waals surface area contributed by atoms with Crippen molar-refractivity contribution in [2.24, 2.45) is 5.73 Å². The van der Waals surface area contributed by atoms with Crippen molar-refractivity contribution in [2.45, 2.75) is 31.4 Å². The van der Waals surface area contributed by atoms with Crippen LogP contribution >= 0.6 is 0 Å². The molecule has 0 spiro atoms. The molecular formula is C22H21FN2O. The first-order valence-electron chi connectivity index (χ1n) is 8.89. The molecule has 2 atom stereocenters. The number of aromatic nitrogens is 1. The normalized spacial score (nSPS) is 17.2. The molecule has 0 saturated carbocycles. The number of hydrogen-bond acceptors (Lipinski definition) is 3. The van der Waals surface area contributed by atoms with E-state index in [0.29, 0.717) is 6.42 Å². The SMILES string of the molecule is NC(Cc1cncc(-c2ccc(F)cc2)c1)[C@@H]1CCc2ccccc2O1. The van der Waals surface area contributed by atoms with Crippen LogP contribution in [0.25, 0.3) is 11.1 Å². The van der Waals surface area contributed by atoms with Gasteiger partial charge in [0.15, 0.2) is 0 Å². The summed E-state index contributed by atoms with van der Waals surface area (Å²) in [6.45, 7) is 0. The van der Waals surface area contributed by atoms with Crippen molar-refractivity contribution in [3.8, 4) is 16.9 Å². The smallest absolute Gasteiger partial charge is 0.123 e. The zero-order chi connectivity index (χ0) is 17.9. The van der Waals surface area contributed by atoms with Crippen LogP contribution in [0.3, 0.4) is 0 Å². The standard InChI is InChI=1S/C22H21FN2O/c23-19-8-5-16(6-9-19)18-11-15(13-25-14-18)12-20(24)22-10-7-17-3-1-2-4-21(17)26-22/h1-6,8-9,11,13-14,20,22H,7,10,12,24H2/t20?,22-/m0/s1. The molecule has 2 aromatic carbocycles. The molecule has 132 valence electrons. The lowest BCUT2D eigenvalue weighted by Crippen LogP contribution is -2.42. The van der Waals surface area contributed by atoms with Gasteiger partial charge in [0.25, 0.3) is 0 Å². The molecule has 2 N–H and O–H groups in total. The molecule has 2 heterocycles. The first-order chi connectivity index (χ1) is 12.7. The van der Waals surface area contributed by atoms with Crippen molar-refractivity contribution in [2.75, 3.05) is 0 Å². The predicted molar refractivity (Wildman–Crippen MR) is 100 cm³/mol. The van der Waals surface area contributed by atoms with Crippen molar-refractivity contribution in [1.82, 2.24) is 4.98 Å². The van der Waals surface area contributed by atoms with Crippen LogP contribution in [-0.4, -0.2) is 17.1 Å². The van der Waals surface area contributed by atoms with E-state index in [2.05, 4.69) is 17.1 Å². The molecule has 1 aromatic heterocycles. The van der Waals surface area contributed by atoms with Gasteiger partial charge in [-0.05, 0) is 60.2 Å². The maximum atomic E-state index is 13.1. The van der Waals surface area contributed by atoms with Crippen LogP contribution < -0.4 is 10.5 Å². The Morgan fingerprint density at radius 2 is 1.88 bits per heavy atom. The Hall–Kier alpha value is -2.72. The number of nitrogens with two attached hydrogens (primary N) is 1. The third-order valence-electron chi connectivity index (χ3n) is 4.87. The summed E-state index contributed by atoms with van der Waals surface area (Å²) in [5, 5.41) is 0. The van der Waals surface area contributed by atoms with Crippen LogP contribution in [0.4, 0.5) is 4.39 Å². The molecule has 1 aliphatic rings. The highest BCUT2D eigenvalue weighted by atomic mass is 19.1. The van der Waals surface area contributed by atoms with Crippen molar-refractivity contribution in [1.29, 1.82) is 0 Å². The number of rotatable bonds is 4. The van der Waals surface area contributed by atoms with Gasteiger partial charge in [-0.2, -0.15) is 0 Å². The van der Waals surface area contributed by atoms with Gasteiger partial charge in [-0.3, -0.25) is 4.98 Å². The fourth-order valence-electron chi connectivity index (χ4n) is 3.45. The van der Waals surface area contributed by atoms with Gasteiger partial charge in [-0.25, -0.2) is 4.39 Å². The third kappa shape index (κ3) is 3.60. The summed E-state index contributed by atoms with van der Waals surface area (Å²) >= 11 is 0. The number of halogens is 1. The summed E-state index contributed by atoms with van der Waals surface area (Å²) in [6, 6.07) is 16.5. The molecule has 4 heteroatoms. The van der Waals surface area contributed by atoms with Crippen LogP contribution in [0.15, 0.2) is 67.0 Å². The third-order valence-corrected chi connectivity index (χ3v) is 4.87. The molecule has 3 nitrogen and oxygen atoms in total. The number of benzene rings is 2. The number of aryl methyl sites for hydroxylation is 1. The zero-order valence-corrected chi connectivity index (χ0v) is 14.4. The lowest BCUT2D eigenvalue weighted by molar-refractivity contribution is 0.144. The first kappa shape index (κ1) is 16.7. The second-order valence-electron chi connectivity index (χ2n) is 6.76. The van der Waals surface area contributed by atoms with Gasteiger partial charge >= 0.3 is 0 Å². The number of pyridine rings is 1. The molecule has 3 aromatic rings. The van der Waals surface area contributed by atoms with E-state index in [-0.39, 0.29) is 18.0 Å². The number of para-hydroxylation sites is 1. The van der Waals surface area contributed by atoms with Gasteiger partial charge in [0.2, 0.25) is 0 Å². The minimum Gasteiger partial charge on any atom is -0.489 e. The van der Waals surface area contributed by atoms with E-state index < -0.39 is 0 Å². The Bertz CT molecular complexity index is 895. The molecule has 0 amide bonds. The number of nitrogens with zero attached hydrogens (tertiary/aromatic N) is 1. The monoisotopic (exact) mass is 348 g/mol.